The van der Waals surface area contributed by atoms with Crippen LogP contribution in [0.15, 0.2) is 23.1 Å². The molecule has 2 heterocycles. The number of aromatic nitrogens is 2. The molecule has 136 valence electrons. The van der Waals surface area contributed by atoms with Crippen molar-refractivity contribution < 1.29 is 14.3 Å². The molecule has 2 rings (SSSR count). The second kappa shape index (κ2) is 8.73. The lowest BCUT2D eigenvalue weighted by atomic mass is 10.1. The van der Waals surface area contributed by atoms with Crippen LogP contribution in [0.2, 0.25) is 0 Å². The highest BCUT2D eigenvalue weighted by atomic mass is 16.7. The fourth-order valence-corrected chi connectivity index (χ4v) is 2.57. The summed E-state index contributed by atoms with van der Waals surface area (Å²) in [6.45, 7) is 9.25. The van der Waals surface area contributed by atoms with Gasteiger partial charge in [-0.05, 0) is 39.8 Å². The minimum absolute atomic E-state index is 0.0896. The van der Waals surface area contributed by atoms with Gasteiger partial charge in [-0.1, -0.05) is 0 Å². The van der Waals surface area contributed by atoms with Crippen molar-refractivity contribution in [2.45, 2.75) is 40.5 Å². The van der Waals surface area contributed by atoms with E-state index in [-0.39, 0.29) is 17.5 Å². The highest BCUT2D eigenvalue weighted by Crippen LogP contribution is 2.11. The molecule has 0 saturated carbocycles. The van der Waals surface area contributed by atoms with Crippen LogP contribution in [-0.2, 0) is 16.0 Å². The van der Waals surface area contributed by atoms with Crippen LogP contribution in [-0.4, -0.2) is 41.5 Å². The van der Waals surface area contributed by atoms with Gasteiger partial charge in [0.15, 0.2) is 6.29 Å². The molecule has 0 aromatic carbocycles. The van der Waals surface area contributed by atoms with Crippen molar-refractivity contribution in [3.8, 4) is 0 Å². The van der Waals surface area contributed by atoms with E-state index >= 15 is 0 Å². The standard InChI is InChI=1S/C18H25N3O4/c1-5-21-11-14(16(22)13-9-8-12(4)20-17(13)21)18(23)19-10-15(24-6-2)25-7-3/h8-9,11,15H,5-7,10H2,1-4H3,(H,19,23). The van der Waals surface area contributed by atoms with Gasteiger partial charge in [0.2, 0.25) is 5.43 Å². The summed E-state index contributed by atoms with van der Waals surface area (Å²) in [5, 5.41) is 3.15. The number of hydrogen-bond donors (Lipinski definition) is 1. The van der Waals surface area contributed by atoms with Gasteiger partial charge >= 0.3 is 0 Å². The minimum Gasteiger partial charge on any atom is -0.351 e. The van der Waals surface area contributed by atoms with E-state index in [9.17, 15) is 9.59 Å². The Morgan fingerprint density at radius 1 is 1.24 bits per heavy atom. The van der Waals surface area contributed by atoms with Gasteiger partial charge in [0, 0.05) is 31.6 Å². The summed E-state index contributed by atoms with van der Waals surface area (Å²) in [4.78, 5) is 29.6. The van der Waals surface area contributed by atoms with Crippen LogP contribution in [0.3, 0.4) is 0 Å². The molecule has 0 aliphatic rings. The average Bonchev–Trinajstić information content (AvgIpc) is 2.60. The number of ether oxygens (including phenoxy) is 2. The molecule has 1 N–H and O–H groups in total. The monoisotopic (exact) mass is 347 g/mol. The number of pyridine rings is 2. The van der Waals surface area contributed by atoms with Crippen molar-refractivity contribution in [2.75, 3.05) is 19.8 Å². The smallest absolute Gasteiger partial charge is 0.256 e. The number of hydrogen-bond acceptors (Lipinski definition) is 5. The molecule has 7 heteroatoms. The van der Waals surface area contributed by atoms with Gasteiger partial charge in [0.05, 0.1) is 11.9 Å². The van der Waals surface area contributed by atoms with Crippen molar-refractivity contribution in [2.24, 2.45) is 0 Å². The van der Waals surface area contributed by atoms with Crippen molar-refractivity contribution in [3.63, 3.8) is 0 Å². The van der Waals surface area contributed by atoms with Gasteiger partial charge in [-0.15, -0.1) is 0 Å². The van der Waals surface area contributed by atoms with Gasteiger partial charge < -0.3 is 19.4 Å². The molecule has 0 radical (unpaired) electrons. The third kappa shape index (κ3) is 4.43. The molecular formula is C18H25N3O4. The predicted molar refractivity (Wildman–Crippen MR) is 95.8 cm³/mol. The number of carbonyl (C=O) groups excluding carboxylic acids is 1. The molecule has 0 unspecified atom stereocenters. The van der Waals surface area contributed by atoms with Crippen molar-refractivity contribution in [1.82, 2.24) is 14.9 Å². The van der Waals surface area contributed by atoms with Gasteiger partial charge in [0.1, 0.15) is 11.2 Å². The summed E-state index contributed by atoms with van der Waals surface area (Å²) in [5.74, 6) is -0.445. The first-order chi connectivity index (χ1) is 12.0. The third-order valence-electron chi connectivity index (χ3n) is 3.78. The van der Waals surface area contributed by atoms with E-state index in [2.05, 4.69) is 10.3 Å². The van der Waals surface area contributed by atoms with Crippen molar-refractivity contribution in [3.05, 3.63) is 39.8 Å². The largest absolute Gasteiger partial charge is 0.351 e. The van der Waals surface area contributed by atoms with Crippen LogP contribution in [0.4, 0.5) is 0 Å². The van der Waals surface area contributed by atoms with Crippen LogP contribution in [0, 0.1) is 6.92 Å². The summed E-state index contributed by atoms with van der Waals surface area (Å²) in [5.41, 5.74) is 1.17. The van der Waals surface area contributed by atoms with Gasteiger partial charge in [-0.2, -0.15) is 0 Å². The van der Waals surface area contributed by atoms with Crippen LogP contribution in [0.25, 0.3) is 11.0 Å². The summed E-state index contributed by atoms with van der Waals surface area (Å²) >= 11 is 0. The Bertz CT molecular complexity index is 795. The molecule has 7 nitrogen and oxygen atoms in total. The molecule has 25 heavy (non-hydrogen) atoms. The first-order valence-electron chi connectivity index (χ1n) is 8.53. The summed E-state index contributed by atoms with van der Waals surface area (Å²) < 4.78 is 12.6. The minimum atomic E-state index is -0.530. The molecule has 0 aliphatic carbocycles. The maximum absolute atomic E-state index is 12.7. The summed E-state index contributed by atoms with van der Waals surface area (Å²) in [6.07, 6.45) is 1.03. The number of rotatable bonds is 8. The first kappa shape index (κ1) is 19.1. The number of nitrogens with zero attached hydrogens (tertiary/aromatic N) is 2. The van der Waals surface area contributed by atoms with E-state index in [1.807, 2.05) is 27.7 Å². The quantitative estimate of drug-likeness (QED) is 0.737. The van der Waals surface area contributed by atoms with Crippen LogP contribution in [0.5, 0.6) is 0 Å². The SMILES string of the molecule is CCOC(CNC(=O)c1cn(CC)c2nc(C)ccc2c1=O)OCC. The maximum atomic E-state index is 12.7. The zero-order valence-electron chi connectivity index (χ0n) is 15.2. The second-order valence-electron chi connectivity index (χ2n) is 5.53. The van der Waals surface area contributed by atoms with E-state index in [1.165, 1.54) is 0 Å². The van der Waals surface area contributed by atoms with Crippen molar-refractivity contribution >= 4 is 16.9 Å². The second-order valence-corrected chi connectivity index (χ2v) is 5.53. The third-order valence-corrected chi connectivity index (χ3v) is 3.78. The Kier molecular flexibility index (Phi) is 6.66. The van der Waals surface area contributed by atoms with Crippen LogP contribution < -0.4 is 10.7 Å². The zero-order chi connectivity index (χ0) is 18.4. The predicted octanol–water partition coefficient (Wildman–Crippen LogP) is 1.85. The molecule has 2 aromatic heterocycles. The van der Waals surface area contributed by atoms with Gasteiger partial charge in [-0.3, -0.25) is 9.59 Å². The highest BCUT2D eigenvalue weighted by Gasteiger charge is 2.17. The van der Waals surface area contributed by atoms with E-state index in [4.69, 9.17) is 9.47 Å². The number of amides is 1. The van der Waals surface area contributed by atoms with E-state index in [0.29, 0.717) is 30.8 Å². The molecule has 0 spiro atoms. The Balaban J connectivity index is 2.30. The number of fused-ring (bicyclic) bond motifs is 1. The van der Waals surface area contributed by atoms with E-state index in [1.54, 1.807) is 22.9 Å². The molecule has 0 aliphatic heterocycles. The van der Waals surface area contributed by atoms with Crippen molar-refractivity contribution in [1.29, 1.82) is 0 Å². The van der Waals surface area contributed by atoms with Gasteiger partial charge in [-0.25, -0.2) is 4.98 Å². The molecule has 0 saturated heterocycles. The van der Waals surface area contributed by atoms with Crippen LogP contribution in [0.1, 0.15) is 36.8 Å². The molecule has 1 amide bonds. The lowest BCUT2D eigenvalue weighted by Crippen LogP contribution is -2.37. The fraction of sp³-hybridized carbons (Fsp3) is 0.500. The number of carbonyl (C=O) groups is 1. The average molecular weight is 347 g/mol. The fourth-order valence-electron chi connectivity index (χ4n) is 2.57. The molecular weight excluding hydrogens is 322 g/mol. The van der Waals surface area contributed by atoms with Crippen LogP contribution >= 0.6 is 0 Å². The Morgan fingerprint density at radius 3 is 2.52 bits per heavy atom. The van der Waals surface area contributed by atoms with Gasteiger partial charge in [0.25, 0.3) is 5.91 Å². The molecule has 0 atom stereocenters. The Labute approximate surface area is 147 Å². The highest BCUT2D eigenvalue weighted by molar-refractivity contribution is 5.96. The zero-order valence-corrected chi connectivity index (χ0v) is 15.2. The van der Waals surface area contributed by atoms with E-state index in [0.717, 1.165) is 5.69 Å². The maximum Gasteiger partial charge on any atom is 0.256 e. The molecule has 2 aromatic rings. The number of aryl methyl sites for hydroxylation is 2. The molecule has 0 fully saturated rings. The normalized spacial score (nSPS) is 11.2. The topological polar surface area (TPSA) is 82.5 Å². The first-order valence-corrected chi connectivity index (χ1v) is 8.53. The Morgan fingerprint density at radius 2 is 1.92 bits per heavy atom. The lowest BCUT2D eigenvalue weighted by molar-refractivity contribution is -0.131. The number of nitrogens with one attached hydrogen (secondary N) is 1. The molecule has 0 bridgehead atoms. The van der Waals surface area contributed by atoms with E-state index < -0.39 is 12.2 Å². The summed E-state index contributed by atoms with van der Waals surface area (Å²) in [7, 11) is 0. The Hall–Kier alpha value is -2.25. The summed E-state index contributed by atoms with van der Waals surface area (Å²) in [6, 6.07) is 3.48. The lowest BCUT2D eigenvalue weighted by Gasteiger charge is -2.17.